The topological polar surface area (TPSA) is 71.3 Å². The molecule has 5 rings (SSSR count). The number of rotatable bonds is 7. The van der Waals surface area contributed by atoms with Gasteiger partial charge in [0.2, 0.25) is 10.0 Å². The largest absolute Gasteiger partial charge is 0.293 e. The van der Waals surface area contributed by atoms with Gasteiger partial charge in [-0.1, -0.05) is 31.5 Å². The number of hydrogen-bond donors (Lipinski definition) is 0. The maximum atomic E-state index is 13.2. The minimum absolute atomic E-state index is 0.374. The fraction of sp³-hybridized carbons (Fsp3) is 0.357. The number of aryl methyl sites for hydroxylation is 3. The van der Waals surface area contributed by atoms with E-state index in [1.165, 1.54) is 16.7 Å². The highest BCUT2D eigenvalue weighted by Gasteiger charge is 2.29. The van der Waals surface area contributed by atoms with Crippen LogP contribution in [0.15, 0.2) is 65.7 Å². The van der Waals surface area contributed by atoms with Crippen molar-refractivity contribution in [3.05, 3.63) is 83.3 Å². The van der Waals surface area contributed by atoms with Gasteiger partial charge in [0.25, 0.3) is 0 Å². The molecule has 0 unspecified atom stereocenters. The Morgan fingerprint density at radius 2 is 1.61 bits per heavy atom. The second-order valence-corrected chi connectivity index (χ2v) is 11.6. The van der Waals surface area contributed by atoms with Gasteiger partial charge in [-0.15, -0.1) is 0 Å². The normalized spacial score (nSPS) is 15.5. The van der Waals surface area contributed by atoms with Crippen molar-refractivity contribution < 1.29 is 8.42 Å². The van der Waals surface area contributed by atoms with Crippen molar-refractivity contribution in [2.45, 2.75) is 45.1 Å². The highest BCUT2D eigenvalue weighted by molar-refractivity contribution is 7.89. The van der Waals surface area contributed by atoms with Gasteiger partial charge in [-0.3, -0.25) is 9.47 Å². The third kappa shape index (κ3) is 4.93. The molecule has 188 valence electrons. The van der Waals surface area contributed by atoms with Gasteiger partial charge >= 0.3 is 0 Å². The van der Waals surface area contributed by atoms with E-state index in [-0.39, 0.29) is 0 Å². The van der Waals surface area contributed by atoms with Crippen LogP contribution in [-0.2, 0) is 23.0 Å². The summed E-state index contributed by atoms with van der Waals surface area (Å²) in [6, 6.07) is 17.7. The van der Waals surface area contributed by atoms with Crippen LogP contribution in [0.5, 0.6) is 0 Å². The molecule has 0 atom stereocenters. The van der Waals surface area contributed by atoms with E-state index in [1.54, 1.807) is 22.6 Å². The second kappa shape index (κ2) is 10.1. The molecule has 0 N–H and O–H groups in total. The van der Waals surface area contributed by atoms with Gasteiger partial charge < -0.3 is 0 Å². The van der Waals surface area contributed by atoms with E-state index in [4.69, 9.17) is 4.98 Å². The van der Waals surface area contributed by atoms with Crippen molar-refractivity contribution in [2.24, 2.45) is 0 Å². The van der Waals surface area contributed by atoms with Crippen LogP contribution in [0.3, 0.4) is 0 Å². The molecule has 8 heteroatoms. The number of pyridine rings is 1. The van der Waals surface area contributed by atoms with Gasteiger partial charge in [0.15, 0.2) is 5.65 Å². The fourth-order valence-corrected chi connectivity index (χ4v) is 6.43. The summed E-state index contributed by atoms with van der Waals surface area (Å²) in [5.41, 5.74) is 6.30. The second-order valence-electron chi connectivity index (χ2n) is 9.63. The van der Waals surface area contributed by atoms with Crippen molar-refractivity contribution in [1.29, 1.82) is 0 Å². The predicted octanol–water partition coefficient (Wildman–Crippen LogP) is 4.50. The first-order valence-corrected chi connectivity index (χ1v) is 14.0. The van der Waals surface area contributed by atoms with Crippen molar-refractivity contribution >= 4 is 21.2 Å². The number of aromatic nitrogens is 3. The number of sulfonamides is 1. The maximum absolute atomic E-state index is 13.2. The lowest BCUT2D eigenvalue weighted by Crippen LogP contribution is -2.48. The summed E-state index contributed by atoms with van der Waals surface area (Å²) < 4.78 is 30.2. The summed E-state index contributed by atoms with van der Waals surface area (Å²) in [6.07, 6.45) is 3.80. The van der Waals surface area contributed by atoms with Gasteiger partial charge in [0.1, 0.15) is 11.3 Å². The van der Waals surface area contributed by atoms with Gasteiger partial charge in [-0.2, -0.15) is 4.31 Å². The molecule has 3 heterocycles. The molecule has 1 aliphatic rings. The number of hydrogen-bond acceptors (Lipinski definition) is 5. The molecule has 0 saturated carbocycles. The number of imidazole rings is 1. The number of piperazine rings is 1. The Morgan fingerprint density at radius 3 is 2.28 bits per heavy atom. The molecule has 0 radical (unpaired) electrons. The summed E-state index contributed by atoms with van der Waals surface area (Å²) in [5.74, 6) is 0.913. The minimum Gasteiger partial charge on any atom is -0.293 e. The summed E-state index contributed by atoms with van der Waals surface area (Å²) in [4.78, 5) is 12.2. The summed E-state index contributed by atoms with van der Waals surface area (Å²) in [7, 11) is -3.50. The Hall–Kier alpha value is -3.07. The van der Waals surface area contributed by atoms with Crippen LogP contribution < -0.4 is 0 Å². The van der Waals surface area contributed by atoms with Crippen LogP contribution in [0.4, 0.5) is 0 Å². The predicted molar refractivity (Wildman–Crippen MR) is 143 cm³/mol. The van der Waals surface area contributed by atoms with Crippen LogP contribution in [0.2, 0.25) is 0 Å². The summed E-state index contributed by atoms with van der Waals surface area (Å²) in [6.45, 7) is 9.16. The molecule has 4 aromatic rings. The monoisotopic (exact) mass is 503 g/mol. The molecule has 1 saturated heterocycles. The third-order valence-corrected chi connectivity index (χ3v) is 8.66. The molecule has 2 aromatic heterocycles. The Balaban J connectivity index is 1.34. The molecule has 2 aromatic carbocycles. The van der Waals surface area contributed by atoms with E-state index in [0.29, 0.717) is 37.6 Å². The van der Waals surface area contributed by atoms with Crippen LogP contribution in [0.25, 0.3) is 16.9 Å². The average Bonchev–Trinajstić information content (AvgIpc) is 3.22. The molecule has 7 nitrogen and oxygen atoms in total. The molecule has 0 spiro atoms. The lowest BCUT2D eigenvalue weighted by atomic mass is 10.1. The highest BCUT2D eigenvalue weighted by atomic mass is 32.2. The molecule has 1 fully saturated rings. The van der Waals surface area contributed by atoms with Crippen molar-refractivity contribution in [3.63, 3.8) is 0 Å². The highest BCUT2D eigenvalue weighted by Crippen LogP contribution is 2.24. The standard InChI is InChI=1S/C28H33N5O2S/c1-4-6-23-8-10-25(11-9-23)36(34,35)32-15-13-31(14-16-32)20-27-30-26-7-5-12-29-28(26)33(27)24-18-21(2)17-22(3)19-24/h5,7-12,17-19H,4,6,13-16,20H2,1-3H3. The van der Waals surface area contributed by atoms with Crippen LogP contribution in [0.1, 0.15) is 35.9 Å². The molecule has 0 aliphatic carbocycles. The van der Waals surface area contributed by atoms with Crippen molar-refractivity contribution in [2.75, 3.05) is 26.2 Å². The number of fused-ring (bicyclic) bond motifs is 1. The number of benzene rings is 2. The number of nitrogens with zero attached hydrogens (tertiary/aromatic N) is 5. The van der Waals surface area contributed by atoms with Crippen LogP contribution in [0, 0.1) is 13.8 Å². The zero-order chi connectivity index (χ0) is 25.3. The Bertz CT molecular complexity index is 1450. The molecule has 36 heavy (non-hydrogen) atoms. The van der Waals surface area contributed by atoms with Crippen molar-refractivity contribution in [1.82, 2.24) is 23.7 Å². The Morgan fingerprint density at radius 1 is 0.917 bits per heavy atom. The quantitative estimate of drug-likeness (QED) is 0.371. The smallest absolute Gasteiger partial charge is 0.243 e. The molecular formula is C28H33N5O2S. The van der Waals surface area contributed by atoms with Crippen molar-refractivity contribution in [3.8, 4) is 5.69 Å². The lowest BCUT2D eigenvalue weighted by molar-refractivity contribution is 0.177. The maximum Gasteiger partial charge on any atom is 0.243 e. The summed E-state index contributed by atoms with van der Waals surface area (Å²) in [5, 5.41) is 0. The molecule has 1 aliphatic heterocycles. The molecular weight excluding hydrogens is 470 g/mol. The van der Waals surface area contributed by atoms with E-state index >= 15 is 0 Å². The average molecular weight is 504 g/mol. The van der Waals surface area contributed by atoms with E-state index < -0.39 is 10.0 Å². The SMILES string of the molecule is CCCc1ccc(S(=O)(=O)N2CCN(Cc3nc4cccnc4n3-c3cc(C)cc(C)c3)CC2)cc1. The Labute approximate surface area is 213 Å². The van der Waals surface area contributed by atoms with E-state index in [2.05, 4.69) is 53.4 Å². The first-order chi connectivity index (χ1) is 17.3. The fourth-order valence-electron chi connectivity index (χ4n) is 5.01. The van der Waals surface area contributed by atoms with Gasteiger partial charge in [-0.05, 0) is 73.4 Å². The van der Waals surface area contributed by atoms with Crippen LogP contribution >= 0.6 is 0 Å². The minimum atomic E-state index is -3.50. The third-order valence-electron chi connectivity index (χ3n) is 6.75. The van der Waals surface area contributed by atoms with E-state index in [0.717, 1.165) is 35.5 Å². The van der Waals surface area contributed by atoms with E-state index in [9.17, 15) is 8.42 Å². The molecule has 0 amide bonds. The van der Waals surface area contributed by atoms with E-state index in [1.807, 2.05) is 24.3 Å². The van der Waals surface area contributed by atoms with Gasteiger partial charge in [0.05, 0.1) is 11.4 Å². The zero-order valence-corrected chi connectivity index (χ0v) is 22.0. The first kappa shape index (κ1) is 24.6. The van der Waals surface area contributed by atoms with Gasteiger partial charge in [-0.25, -0.2) is 18.4 Å². The zero-order valence-electron chi connectivity index (χ0n) is 21.2. The lowest BCUT2D eigenvalue weighted by Gasteiger charge is -2.33. The van der Waals surface area contributed by atoms with Gasteiger partial charge in [0, 0.05) is 38.1 Å². The Kier molecular flexibility index (Phi) is 6.92. The first-order valence-electron chi connectivity index (χ1n) is 12.6. The van der Waals surface area contributed by atoms with Crippen LogP contribution in [-0.4, -0.2) is 58.3 Å². The molecule has 0 bridgehead atoms. The summed E-state index contributed by atoms with van der Waals surface area (Å²) >= 11 is 0.